The summed E-state index contributed by atoms with van der Waals surface area (Å²) < 4.78 is 34.8. The summed E-state index contributed by atoms with van der Waals surface area (Å²) >= 11 is 1.51. The number of ether oxygens (including phenoxy) is 1. The first-order valence-electron chi connectivity index (χ1n) is 11.8. The molecule has 36 heavy (non-hydrogen) atoms. The number of aryl methyl sites for hydroxylation is 2. The third-order valence-corrected chi connectivity index (χ3v) is 8.87. The van der Waals surface area contributed by atoms with Gasteiger partial charge in [-0.25, -0.2) is 13.4 Å². The number of fused-ring (bicyclic) bond motifs is 1. The van der Waals surface area contributed by atoms with Gasteiger partial charge in [-0.05, 0) is 74.2 Å². The number of rotatable bonds is 7. The quantitative estimate of drug-likeness (QED) is 0.345. The van der Waals surface area contributed by atoms with Gasteiger partial charge in [0.2, 0.25) is 0 Å². The average molecular weight is 522 g/mol. The second kappa shape index (κ2) is 10.0. The molecule has 0 spiro atoms. The zero-order chi connectivity index (χ0) is 25.3. The average Bonchev–Trinajstić information content (AvgIpc) is 3.56. The monoisotopic (exact) mass is 521 g/mol. The number of benzene rings is 3. The molecular formula is C27H27N3O4S2. The molecule has 1 fully saturated rings. The molecular weight excluding hydrogens is 494 g/mol. The molecule has 1 saturated heterocycles. The van der Waals surface area contributed by atoms with Gasteiger partial charge < -0.3 is 4.74 Å². The van der Waals surface area contributed by atoms with Crippen LogP contribution in [0.1, 0.15) is 34.3 Å². The lowest BCUT2D eigenvalue weighted by Crippen LogP contribution is -2.37. The Morgan fingerprint density at radius 1 is 1.06 bits per heavy atom. The van der Waals surface area contributed by atoms with E-state index in [1.54, 1.807) is 47.4 Å². The number of amides is 1. The zero-order valence-electron chi connectivity index (χ0n) is 20.1. The van der Waals surface area contributed by atoms with Crippen LogP contribution in [0.15, 0.2) is 71.6 Å². The van der Waals surface area contributed by atoms with Crippen molar-refractivity contribution in [1.29, 1.82) is 0 Å². The molecule has 186 valence electrons. The van der Waals surface area contributed by atoms with E-state index < -0.39 is 10.0 Å². The van der Waals surface area contributed by atoms with E-state index in [-0.39, 0.29) is 16.9 Å². The van der Waals surface area contributed by atoms with Gasteiger partial charge in [-0.1, -0.05) is 41.7 Å². The van der Waals surface area contributed by atoms with E-state index in [4.69, 9.17) is 9.72 Å². The molecule has 1 aliphatic rings. The molecule has 7 nitrogen and oxygen atoms in total. The van der Waals surface area contributed by atoms with E-state index in [0.29, 0.717) is 29.5 Å². The van der Waals surface area contributed by atoms with Crippen LogP contribution in [0.2, 0.25) is 0 Å². The Bertz CT molecular complexity index is 1450. The molecule has 1 aromatic heterocycles. The maximum Gasteiger partial charge on any atom is 0.261 e. The highest BCUT2D eigenvalue weighted by molar-refractivity contribution is 7.92. The predicted octanol–water partition coefficient (Wildman–Crippen LogP) is 5.54. The number of nitrogens with zero attached hydrogens (tertiary/aromatic N) is 2. The molecule has 1 N–H and O–H groups in total. The highest BCUT2D eigenvalue weighted by Gasteiger charge is 2.27. The normalized spacial score (nSPS) is 15.8. The fourth-order valence-corrected chi connectivity index (χ4v) is 6.45. The Hall–Kier alpha value is -3.27. The number of thiazole rings is 1. The second-order valence-electron chi connectivity index (χ2n) is 8.92. The Kier molecular flexibility index (Phi) is 6.79. The highest BCUT2D eigenvalue weighted by atomic mass is 32.2. The van der Waals surface area contributed by atoms with E-state index in [1.165, 1.54) is 23.5 Å². The van der Waals surface area contributed by atoms with Crippen molar-refractivity contribution >= 4 is 48.3 Å². The fourth-order valence-electron chi connectivity index (χ4n) is 4.25. The summed E-state index contributed by atoms with van der Waals surface area (Å²) in [6.07, 6.45) is 1.83. The Labute approximate surface area is 214 Å². The smallest absolute Gasteiger partial charge is 0.261 e. The standard InChI is InChI=1S/C27H27N3O4S2/c1-18-10-11-19(2)25-24(18)28-27(35-25)30(17-22-7-6-16-34-22)26(31)20-12-14-21(15-13-20)29-36(32,33)23-8-4-3-5-9-23/h3-5,8-15,22,29H,6-7,16-17H2,1-2H3. The molecule has 0 saturated carbocycles. The van der Waals surface area contributed by atoms with E-state index >= 15 is 0 Å². The first-order valence-corrected chi connectivity index (χ1v) is 14.1. The Morgan fingerprint density at radius 3 is 2.44 bits per heavy atom. The molecule has 3 aromatic carbocycles. The van der Waals surface area contributed by atoms with Crippen LogP contribution in [-0.2, 0) is 14.8 Å². The predicted molar refractivity (Wildman–Crippen MR) is 143 cm³/mol. The fraction of sp³-hybridized carbons (Fsp3) is 0.259. The first-order chi connectivity index (χ1) is 17.3. The summed E-state index contributed by atoms with van der Waals surface area (Å²) in [6, 6.07) is 18.8. The van der Waals surface area contributed by atoms with Crippen molar-refractivity contribution in [1.82, 2.24) is 4.98 Å². The number of carbonyl (C=O) groups is 1. The van der Waals surface area contributed by atoms with Crippen molar-refractivity contribution in [2.45, 2.75) is 37.7 Å². The van der Waals surface area contributed by atoms with Crippen LogP contribution in [0.25, 0.3) is 10.2 Å². The molecule has 0 bridgehead atoms. The summed E-state index contributed by atoms with van der Waals surface area (Å²) in [5.74, 6) is -0.197. The van der Waals surface area contributed by atoms with Crippen LogP contribution in [0.3, 0.4) is 0 Å². The van der Waals surface area contributed by atoms with Crippen LogP contribution in [-0.4, -0.2) is 38.6 Å². The van der Waals surface area contributed by atoms with E-state index in [2.05, 4.69) is 10.8 Å². The van der Waals surface area contributed by atoms with Crippen LogP contribution in [0.5, 0.6) is 0 Å². The van der Waals surface area contributed by atoms with Gasteiger partial charge >= 0.3 is 0 Å². The minimum Gasteiger partial charge on any atom is -0.376 e. The van der Waals surface area contributed by atoms with Gasteiger partial charge in [-0.3, -0.25) is 14.4 Å². The number of anilines is 2. The van der Waals surface area contributed by atoms with Crippen LogP contribution in [0.4, 0.5) is 10.8 Å². The lowest BCUT2D eigenvalue weighted by molar-refractivity contribution is 0.0917. The Morgan fingerprint density at radius 2 is 1.78 bits per heavy atom. The lowest BCUT2D eigenvalue weighted by atomic mass is 10.1. The highest BCUT2D eigenvalue weighted by Crippen LogP contribution is 2.34. The number of nitrogens with one attached hydrogen (secondary N) is 1. The molecule has 4 aromatic rings. The van der Waals surface area contributed by atoms with Crippen molar-refractivity contribution in [3.05, 3.63) is 83.4 Å². The van der Waals surface area contributed by atoms with Gasteiger partial charge in [0.05, 0.1) is 27.8 Å². The van der Waals surface area contributed by atoms with Crippen molar-refractivity contribution in [3.8, 4) is 0 Å². The number of aromatic nitrogens is 1. The second-order valence-corrected chi connectivity index (χ2v) is 11.6. The topological polar surface area (TPSA) is 88.6 Å². The Balaban J connectivity index is 1.43. The molecule has 9 heteroatoms. The molecule has 1 atom stereocenters. The maximum absolute atomic E-state index is 13.7. The van der Waals surface area contributed by atoms with Gasteiger partial charge in [0.25, 0.3) is 15.9 Å². The molecule has 0 radical (unpaired) electrons. The maximum atomic E-state index is 13.7. The van der Waals surface area contributed by atoms with Gasteiger partial charge in [0.1, 0.15) is 0 Å². The summed E-state index contributed by atoms with van der Waals surface area (Å²) in [7, 11) is -3.71. The first kappa shape index (κ1) is 24.4. The molecule has 5 rings (SSSR count). The van der Waals surface area contributed by atoms with Crippen LogP contribution < -0.4 is 9.62 Å². The van der Waals surface area contributed by atoms with Gasteiger partial charge in [-0.15, -0.1) is 0 Å². The summed E-state index contributed by atoms with van der Waals surface area (Å²) in [4.78, 5) is 20.4. The van der Waals surface area contributed by atoms with Crippen molar-refractivity contribution in [2.24, 2.45) is 0 Å². The van der Waals surface area contributed by atoms with E-state index in [9.17, 15) is 13.2 Å². The van der Waals surface area contributed by atoms with E-state index in [0.717, 1.165) is 34.2 Å². The lowest BCUT2D eigenvalue weighted by Gasteiger charge is -2.23. The molecule has 1 unspecified atom stereocenters. The SMILES string of the molecule is Cc1ccc(C)c2sc(N(CC3CCCO3)C(=O)c3ccc(NS(=O)(=O)c4ccccc4)cc3)nc12. The van der Waals surface area contributed by atoms with Gasteiger partial charge in [0.15, 0.2) is 5.13 Å². The van der Waals surface area contributed by atoms with Crippen molar-refractivity contribution < 1.29 is 17.9 Å². The van der Waals surface area contributed by atoms with Crippen LogP contribution in [0, 0.1) is 13.8 Å². The molecule has 1 amide bonds. The van der Waals surface area contributed by atoms with E-state index in [1.807, 2.05) is 19.9 Å². The molecule has 0 aliphatic carbocycles. The third kappa shape index (κ3) is 5.00. The largest absolute Gasteiger partial charge is 0.376 e. The summed E-state index contributed by atoms with van der Waals surface area (Å²) in [5, 5.41) is 0.636. The summed E-state index contributed by atoms with van der Waals surface area (Å²) in [6.45, 7) is 5.18. The summed E-state index contributed by atoms with van der Waals surface area (Å²) in [5.41, 5.74) is 3.93. The van der Waals surface area contributed by atoms with Crippen LogP contribution >= 0.6 is 11.3 Å². The number of hydrogen-bond acceptors (Lipinski definition) is 6. The van der Waals surface area contributed by atoms with Gasteiger partial charge in [0, 0.05) is 17.9 Å². The molecule has 1 aliphatic heterocycles. The minimum absolute atomic E-state index is 0.0416. The third-order valence-electron chi connectivity index (χ3n) is 6.25. The minimum atomic E-state index is -3.71. The number of carbonyl (C=O) groups excluding carboxylic acids is 1. The van der Waals surface area contributed by atoms with Gasteiger partial charge in [-0.2, -0.15) is 0 Å². The number of hydrogen-bond donors (Lipinski definition) is 1. The van der Waals surface area contributed by atoms with Crippen molar-refractivity contribution in [3.63, 3.8) is 0 Å². The number of sulfonamides is 1. The molecule has 2 heterocycles. The zero-order valence-corrected chi connectivity index (χ0v) is 21.7. The van der Waals surface area contributed by atoms with Crippen molar-refractivity contribution in [2.75, 3.05) is 22.8 Å².